The second-order valence-electron chi connectivity index (χ2n) is 4.02. The third-order valence-electron chi connectivity index (χ3n) is 2.89. The summed E-state index contributed by atoms with van der Waals surface area (Å²) < 4.78 is 0. The first-order chi connectivity index (χ1) is 5.25. The smallest absolute Gasteiger partial charge is 0.0157 e. The van der Waals surface area contributed by atoms with E-state index in [1.165, 1.54) is 19.3 Å². The second-order valence-corrected chi connectivity index (χ2v) is 5.50. The molecule has 0 spiro atoms. The number of fused-ring (bicyclic) bond motifs is 1. The zero-order chi connectivity index (χ0) is 7.84. The van der Waals surface area contributed by atoms with Crippen molar-refractivity contribution in [2.45, 2.75) is 38.4 Å². The SMILES string of the molecule is CC1=CC2CCC(C)CC2S1.O. The molecule has 70 valence electrons. The van der Waals surface area contributed by atoms with Crippen molar-refractivity contribution in [3.05, 3.63) is 11.0 Å². The van der Waals surface area contributed by atoms with Gasteiger partial charge in [0, 0.05) is 5.25 Å². The Balaban J connectivity index is 0.000000720. The number of thioether (sulfide) groups is 1. The van der Waals surface area contributed by atoms with Crippen molar-refractivity contribution in [2.75, 3.05) is 0 Å². The minimum absolute atomic E-state index is 0. The average Bonchev–Trinajstić information content (AvgIpc) is 2.27. The maximum Gasteiger partial charge on any atom is 0.0157 e. The second kappa shape index (κ2) is 3.84. The van der Waals surface area contributed by atoms with Crippen molar-refractivity contribution in [3.63, 3.8) is 0 Å². The zero-order valence-corrected chi connectivity index (χ0v) is 8.66. The molecule has 12 heavy (non-hydrogen) atoms. The molecule has 2 heteroatoms. The monoisotopic (exact) mass is 186 g/mol. The highest BCUT2D eigenvalue weighted by molar-refractivity contribution is 8.03. The van der Waals surface area contributed by atoms with Crippen LogP contribution in [0.25, 0.3) is 0 Å². The van der Waals surface area contributed by atoms with Crippen molar-refractivity contribution in [2.24, 2.45) is 11.8 Å². The Labute approximate surface area is 78.9 Å². The van der Waals surface area contributed by atoms with E-state index in [9.17, 15) is 0 Å². The third kappa shape index (κ3) is 1.86. The predicted molar refractivity (Wildman–Crippen MR) is 55.3 cm³/mol. The van der Waals surface area contributed by atoms with Crippen molar-refractivity contribution in [1.29, 1.82) is 0 Å². The molecule has 0 aromatic heterocycles. The van der Waals surface area contributed by atoms with Gasteiger partial charge in [-0.05, 0) is 36.5 Å². The van der Waals surface area contributed by atoms with Gasteiger partial charge in [-0.3, -0.25) is 0 Å². The summed E-state index contributed by atoms with van der Waals surface area (Å²) in [6, 6.07) is 0. The van der Waals surface area contributed by atoms with Crippen LogP contribution in [0.3, 0.4) is 0 Å². The minimum atomic E-state index is 0. The highest BCUT2D eigenvalue weighted by atomic mass is 32.2. The summed E-state index contributed by atoms with van der Waals surface area (Å²) in [5.41, 5.74) is 0. The first-order valence-electron chi connectivity index (χ1n) is 4.61. The topological polar surface area (TPSA) is 31.5 Å². The summed E-state index contributed by atoms with van der Waals surface area (Å²) >= 11 is 2.11. The molecular formula is C10H18OS. The van der Waals surface area contributed by atoms with Crippen LogP contribution in [0, 0.1) is 11.8 Å². The fourth-order valence-corrected chi connectivity index (χ4v) is 3.80. The minimum Gasteiger partial charge on any atom is -0.412 e. The standard InChI is InChI=1S/C10H16S.H2O/c1-7-3-4-9-6-8(2)11-10(9)5-7;/h6-7,9-10H,3-5H2,1-2H3;1H2. The van der Waals surface area contributed by atoms with Crippen molar-refractivity contribution < 1.29 is 5.48 Å². The van der Waals surface area contributed by atoms with Gasteiger partial charge in [0.25, 0.3) is 0 Å². The average molecular weight is 186 g/mol. The molecule has 1 saturated carbocycles. The fraction of sp³-hybridized carbons (Fsp3) is 0.800. The Morgan fingerprint density at radius 2 is 2.17 bits per heavy atom. The molecule has 2 N–H and O–H groups in total. The van der Waals surface area contributed by atoms with E-state index in [0.717, 1.165) is 17.1 Å². The van der Waals surface area contributed by atoms with Crippen molar-refractivity contribution >= 4 is 11.8 Å². The van der Waals surface area contributed by atoms with E-state index in [1.54, 1.807) is 4.91 Å². The van der Waals surface area contributed by atoms with Gasteiger partial charge >= 0.3 is 0 Å². The van der Waals surface area contributed by atoms with Crippen molar-refractivity contribution in [1.82, 2.24) is 0 Å². The maximum atomic E-state index is 2.49. The Morgan fingerprint density at radius 3 is 2.92 bits per heavy atom. The Kier molecular flexibility index (Phi) is 3.24. The lowest BCUT2D eigenvalue weighted by Gasteiger charge is -2.28. The molecule has 1 aliphatic carbocycles. The van der Waals surface area contributed by atoms with Gasteiger partial charge in [-0.25, -0.2) is 0 Å². The van der Waals surface area contributed by atoms with Crippen LogP contribution in [0.1, 0.15) is 33.1 Å². The van der Waals surface area contributed by atoms with Crippen LogP contribution in [0.15, 0.2) is 11.0 Å². The number of rotatable bonds is 0. The van der Waals surface area contributed by atoms with Gasteiger partial charge in [0.05, 0.1) is 0 Å². The molecule has 0 aromatic carbocycles. The van der Waals surface area contributed by atoms with E-state index >= 15 is 0 Å². The van der Waals surface area contributed by atoms with Gasteiger partial charge < -0.3 is 5.48 Å². The maximum absolute atomic E-state index is 2.49. The van der Waals surface area contributed by atoms with Gasteiger partial charge in [-0.2, -0.15) is 0 Å². The quantitative estimate of drug-likeness (QED) is 0.572. The summed E-state index contributed by atoms with van der Waals surface area (Å²) in [5.74, 6) is 1.90. The van der Waals surface area contributed by atoms with Gasteiger partial charge in [0.15, 0.2) is 0 Å². The summed E-state index contributed by atoms with van der Waals surface area (Å²) in [4.78, 5) is 1.56. The molecule has 1 heterocycles. The van der Waals surface area contributed by atoms with Crippen LogP contribution < -0.4 is 0 Å². The molecular weight excluding hydrogens is 168 g/mol. The van der Waals surface area contributed by atoms with Gasteiger partial charge in [0.2, 0.25) is 0 Å². The lowest BCUT2D eigenvalue weighted by Crippen LogP contribution is -2.21. The summed E-state index contributed by atoms with van der Waals surface area (Å²) in [6.45, 7) is 4.65. The third-order valence-corrected chi connectivity index (χ3v) is 4.24. The van der Waals surface area contributed by atoms with Crippen LogP contribution in [0.5, 0.6) is 0 Å². The fourth-order valence-electron chi connectivity index (χ4n) is 2.26. The first-order valence-corrected chi connectivity index (χ1v) is 5.49. The normalized spacial score (nSPS) is 39.8. The van der Waals surface area contributed by atoms with E-state index in [2.05, 4.69) is 31.7 Å². The van der Waals surface area contributed by atoms with Crippen molar-refractivity contribution in [3.8, 4) is 0 Å². The van der Waals surface area contributed by atoms with Crippen LogP contribution in [0.4, 0.5) is 0 Å². The molecule has 2 rings (SSSR count). The van der Waals surface area contributed by atoms with Gasteiger partial charge in [0.1, 0.15) is 0 Å². The van der Waals surface area contributed by atoms with Gasteiger partial charge in [-0.15, -0.1) is 11.8 Å². The van der Waals surface area contributed by atoms with E-state index < -0.39 is 0 Å². The number of allylic oxidation sites excluding steroid dienone is 2. The van der Waals surface area contributed by atoms with Gasteiger partial charge in [-0.1, -0.05) is 19.4 Å². The molecule has 1 aliphatic heterocycles. The predicted octanol–water partition coefficient (Wildman–Crippen LogP) is 2.62. The van der Waals surface area contributed by atoms with Crippen LogP contribution in [0.2, 0.25) is 0 Å². The Morgan fingerprint density at radius 1 is 1.42 bits per heavy atom. The number of hydrogen-bond acceptors (Lipinski definition) is 1. The molecule has 0 aromatic rings. The lowest BCUT2D eigenvalue weighted by molar-refractivity contribution is 0.344. The van der Waals surface area contributed by atoms with E-state index in [1.807, 2.05) is 0 Å². The molecule has 0 bridgehead atoms. The molecule has 2 aliphatic rings. The molecule has 3 atom stereocenters. The summed E-state index contributed by atoms with van der Waals surface area (Å²) in [7, 11) is 0. The molecule has 1 nitrogen and oxygen atoms in total. The largest absolute Gasteiger partial charge is 0.412 e. The highest BCUT2D eigenvalue weighted by Crippen LogP contribution is 2.45. The molecule has 0 saturated heterocycles. The first kappa shape index (κ1) is 10.1. The molecule has 3 unspecified atom stereocenters. The number of hydrogen-bond donors (Lipinski definition) is 0. The molecule has 0 amide bonds. The molecule has 0 radical (unpaired) electrons. The zero-order valence-electron chi connectivity index (χ0n) is 7.84. The molecule has 1 fully saturated rings. The Bertz CT molecular complexity index is 188. The van der Waals surface area contributed by atoms with E-state index in [4.69, 9.17) is 0 Å². The van der Waals surface area contributed by atoms with E-state index in [-0.39, 0.29) is 5.48 Å². The van der Waals surface area contributed by atoms with Crippen LogP contribution in [-0.4, -0.2) is 10.7 Å². The highest BCUT2D eigenvalue weighted by Gasteiger charge is 2.31. The summed E-state index contributed by atoms with van der Waals surface area (Å²) in [6.07, 6.45) is 6.83. The Hall–Kier alpha value is 0.0500. The lowest BCUT2D eigenvalue weighted by atomic mass is 9.82. The van der Waals surface area contributed by atoms with Crippen LogP contribution in [-0.2, 0) is 0 Å². The summed E-state index contributed by atoms with van der Waals surface area (Å²) in [5, 5.41) is 0.943. The van der Waals surface area contributed by atoms with E-state index in [0.29, 0.717) is 0 Å². The van der Waals surface area contributed by atoms with Crippen LogP contribution >= 0.6 is 11.8 Å².